The Morgan fingerprint density at radius 3 is 2.48 bits per heavy atom. The number of hydrogen-bond acceptors (Lipinski definition) is 5. The summed E-state index contributed by atoms with van der Waals surface area (Å²) in [5, 5.41) is 8.74. The van der Waals surface area contributed by atoms with Crippen molar-refractivity contribution in [1.82, 2.24) is 16.1 Å². The molecular formula is C17H22N4O4. The van der Waals surface area contributed by atoms with E-state index in [1.54, 1.807) is 24.3 Å². The molecule has 0 spiro atoms. The van der Waals surface area contributed by atoms with E-state index in [9.17, 15) is 14.4 Å². The summed E-state index contributed by atoms with van der Waals surface area (Å²) in [6.45, 7) is 7.30. The molecular weight excluding hydrogens is 324 g/mol. The molecule has 0 aromatic heterocycles. The fourth-order valence-corrected chi connectivity index (χ4v) is 1.62. The number of rotatable bonds is 8. The summed E-state index contributed by atoms with van der Waals surface area (Å²) >= 11 is 0. The third-order valence-corrected chi connectivity index (χ3v) is 2.69. The Bertz CT molecular complexity index is 639. The molecule has 1 aromatic carbocycles. The lowest BCUT2D eigenvalue weighted by molar-refractivity contribution is -0.139. The van der Waals surface area contributed by atoms with Crippen molar-refractivity contribution >= 4 is 23.9 Å². The third kappa shape index (κ3) is 8.31. The molecule has 0 atom stereocenters. The molecule has 3 N–H and O–H groups in total. The van der Waals surface area contributed by atoms with Crippen molar-refractivity contribution in [2.24, 2.45) is 5.10 Å². The highest BCUT2D eigenvalue weighted by molar-refractivity contribution is 6.35. The summed E-state index contributed by atoms with van der Waals surface area (Å²) in [6, 6.07) is 6.79. The summed E-state index contributed by atoms with van der Waals surface area (Å²) in [5.74, 6) is -1.32. The smallest absolute Gasteiger partial charge is 0.329 e. The van der Waals surface area contributed by atoms with Crippen molar-refractivity contribution in [2.45, 2.75) is 19.9 Å². The number of benzene rings is 1. The number of nitrogens with zero attached hydrogens (tertiary/aromatic N) is 1. The first kappa shape index (κ1) is 19.9. The minimum Gasteiger partial charge on any atom is -0.484 e. The Hall–Kier alpha value is -3.16. The van der Waals surface area contributed by atoms with Gasteiger partial charge in [-0.2, -0.15) is 5.10 Å². The standard InChI is InChI=1S/C17H22N4O4/c1-4-9-18-16(23)17(24)21-19-10-13-5-7-14(8-6-13)25-11-15(22)20-12(2)3/h4-8,10,12H,1,9,11H2,2-3H3,(H,18,23)(H,20,22)(H,21,24)/b19-10-. The number of amides is 3. The van der Waals surface area contributed by atoms with Crippen LogP contribution in [-0.2, 0) is 14.4 Å². The predicted octanol–water partition coefficient (Wildman–Crippen LogP) is 0.342. The van der Waals surface area contributed by atoms with Gasteiger partial charge in [-0.05, 0) is 43.7 Å². The highest BCUT2D eigenvalue weighted by Gasteiger charge is 2.10. The van der Waals surface area contributed by atoms with E-state index in [4.69, 9.17) is 4.74 Å². The largest absolute Gasteiger partial charge is 0.484 e. The molecule has 3 amide bonds. The molecule has 1 rings (SSSR count). The predicted molar refractivity (Wildman–Crippen MR) is 94.2 cm³/mol. The van der Waals surface area contributed by atoms with Gasteiger partial charge in [0.2, 0.25) is 0 Å². The van der Waals surface area contributed by atoms with E-state index in [0.29, 0.717) is 11.3 Å². The molecule has 0 bridgehead atoms. The van der Waals surface area contributed by atoms with Gasteiger partial charge in [0.15, 0.2) is 6.61 Å². The highest BCUT2D eigenvalue weighted by Crippen LogP contribution is 2.10. The van der Waals surface area contributed by atoms with Gasteiger partial charge in [0.1, 0.15) is 5.75 Å². The first-order valence-corrected chi connectivity index (χ1v) is 7.66. The molecule has 0 saturated carbocycles. The average Bonchev–Trinajstić information content (AvgIpc) is 2.58. The van der Waals surface area contributed by atoms with E-state index < -0.39 is 11.8 Å². The number of carbonyl (C=O) groups excluding carboxylic acids is 3. The first-order valence-electron chi connectivity index (χ1n) is 7.66. The van der Waals surface area contributed by atoms with Gasteiger partial charge in [-0.1, -0.05) is 6.08 Å². The van der Waals surface area contributed by atoms with Gasteiger partial charge in [0.25, 0.3) is 5.91 Å². The van der Waals surface area contributed by atoms with Crippen LogP contribution in [0.5, 0.6) is 5.75 Å². The van der Waals surface area contributed by atoms with E-state index in [1.807, 2.05) is 13.8 Å². The topological polar surface area (TPSA) is 109 Å². The van der Waals surface area contributed by atoms with Gasteiger partial charge in [0, 0.05) is 12.6 Å². The molecule has 0 unspecified atom stereocenters. The van der Waals surface area contributed by atoms with E-state index in [1.165, 1.54) is 12.3 Å². The van der Waals surface area contributed by atoms with Gasteiger partial charge in [-0.25, -0.2) is 5.43 Å². The number of nitrogens with one attached hydrogen (secondary N) is 3. The third-order valence-electron chi connectivity index (χ3n) is 2.69. The SMILES string of the molecule is C=CCNC(=O)C(=O)N/N=C\c1ccc(OCC(=O)NC(C)C)cc1. The lowest BCUT2D eigenvalue weighted by Crippen LogP contribution is -2.37. The monoisotopic (exact) mass is 346 g/mol. The Labute approximate surface area is 146 Å². The minimum atomic E-state index is -0.866. The fourth-order valence-electron chi connectivity index (χ4n) is 1.62. The molecule has 0 aliphatic carbocycles. The van der Waals surface area contributed by atoms with Gasteiger partial charge in [-0.15, -0.1) is 6.58 Å². The minimum absolute atomic E-state index is 0.0590. The Morgan fingerprint density at radius 2 is 1.88 bits per heavy atom. The maximum Gasteiger partial charge on any atom is 0.329 e. The summed E-state index contributed by atoms with van der Waals surface area (Å²) in [6.07, 6.45) is 2.85. The van der Waals surface area contributed by atoms with Crippen LogP contribution in [0.2, 0.25) is 0 Å². The van der Waals surface area contributed by atoms with Crippen LogP contribution in [0.25, 0.3) is 0 Å². The van der Waals surface area contributed by atoms with E-state index in [2.05, 4.69) is 27.7 Å². The highest BCUT2D eigenvalue weighted by atomic mass is 16.5. The van der Waals surface area contributed by atoms with Crippen LogP contribution in [0.1, 0.15) is 19.4 Å². The van der Waals surface area contributed by atoms with Crippen molar-refractivity contribution in [1.29, 1.82) is 0 Å². The van der Waals surface area contributed by atoms with Crippen molar-refractivity contribution in [3.63, 3.8) is 0 Å². The molecule has 0 aliphatic rings. The first-order chi connectivity index (χ1) is 11.9. The fraction of sp³-hybridized carbons (Fsp3) is 0.294. The van der Waals surface area contributed by atoms with Crippen LogP contribution >= 0.6 is 0 Å². The summed E-state index contributed by atoms with van der Waals surface area (Å²) in [4.78, 5) is 34.2. The Morgan fingerprint density at radius 1 is 1.20 bits per heavy atom. The van der Waals surface area contributed by atoms with Crippen molar-refractivity contribution < 1.29 is 19.1 Å². The summed E-state index contributed by atoms with van der Waals surface area (Å²) in [7, 11) is 0. The summed E-state index contributed by atoms with van der Waals surface area (Å²) in [5.41, 5.74) is 2.80. The second kappa shape index (κ2) is 10.6. The second-order valence-electron chi connectivity index (χ2n) is 5.28. The van der Waals surface area contributed by atoms with Crippen molar-refractivity contribution in [3.05, 3.63) is 42.5 Å². The molecule has 8 nitrogen and oxygen atoms in total. The molecule has 0 radical (unpaired) electrons. The normalized spacial score (nSPS) is 10.4. The summed E-state index contributed by atoms with van der Waals surface area (Å²) < 4.78 is 5.35. The van der Waals surface area contributed by atoms with Crippen LogP contribution in [-0.4, -0.2) is 43.1 Å². The van der Waals surface area contributed by atoms with Crippen LogP contribution in [0.4, 0.5) is 0 Å². The molecule has 1 aromatic rings. The maximum absolute atomic E-state index is 11.5. The Kier molecular flexibility index (Phi) is 8.42. The molecule has 8 heteroatoms. The van der Waals surface area contributed by atoms with Crippen LogP contribution < -0.4 is 20.8 Å². The van der Waals surface area contributed by atoms with Crippen LogP contribution in [0.15, 0.2) is 42.0 Å². The van der Waals surface area contributed by atoms with Crippen molar-refractivity contribution in [2.75, 3.05) is 13.2 Å². The zero-order chi connectivity index (χ0) is 18.7. The van der Waals surface area contributed by atoms with Gasteiger partial charge >= 0.3 is 11.8 Å². The number of hydrogen-bond donors (Lipinski definition) is 3. The molecule has 25 heavy (non-hydrogen) atoms. The number of carbonyl (C=O) groups is 3. The van der Waals surface area contributed by atoms with Gasteiger partial charge in [0.05, 0.1) is 6.21 Å². The lowest BCUT2D eigenvalue weighted by Gasteiger charge is -2.09. The van der Waals surface area contributed by atoms with E-state index in [0.717, 1.165) is 0 Å². The molecule has 0 aliphatic heterocycles. The van der Waals surface area contributed by atoms with Crippen LogP contribution in [0.3, 0.4) is 0 Å². The second-order valence-corrected chi connectivity index (χ2v) is 5.28. The van der Waals surface area contributed by atoms with Crippen LogP contribution in [0, 0.1) is 0 Å². The van der Waals surface area contributed by atoms with Crippen molar-refractivity contribution in [3.8, 4) is 5.75 Å². The zero-order valence-corrected chi connectivity index (χ0v) is 14.2. The number of hydrazone groups is 1. The average molecular weight is 346 g/mol. The van der Waals surface area contributed by atoms with Gasteiger partial charge < -0.3 is 15.4 Å². The van der Waals surface area contributed by atoms with E-state index in [-0.39, 0.29) is 25.1 Å². The molecule has 0 saturated heterocycles. The van der Waals surface area contributed by atoms with E-state index >= 15 is 0 Å². The van der Waals surface area contributed by atoms with Gasteiger partial charge in [-0.3, -0.25) is 14.4 Å². The number of ether oxygens (including phenoxy) is 1. The Balaban J connectivity index is 2.43. The molecule has 0 fully saturated rings. The molecule has 0 heterocycles. The quantitative estimate of drug-likeness (QED) is 0.273. The lowest BCUT2D eigenvalue weighted by atomic mass is 10.2. The molecule has 134 valence electrons. The zero-order valence-electron chi connectivity index (χ0n) is 14.2. The maximum atomic E-state index is 11.5.